The third-order valence-electron chi connectivity index (χ3n) is 2.91. The van der Waals surface area contributed by atoms with Crippen molar-refractivity contribution in [3.63, 3.8) is 0 Å². The van der Waals surface area contributed by atoms with Crippen molar-refractivity contribution in [2.24, 2.45) is 11.1 Å². The second-order valence-electron chi connectivity index (χ2n) is 4.93. The van der Waals surface area contributed by atoms with Crippen LogP contribution in [-0.4, -0.2) is 30.7 Å². The minimum atomic E-state index is -3.46. The fourth-order valence-corrected chi connectivity index (χ4v) is 2.38. The van der Waals surface area contributed by atoms with Crippen molar-refractivity contribution in [3.05, 3.63) is 27.9 Å². The molecule has 0 aliphatic rings. The molecule has 1 heterocycles. The topological polar surface area (TPSA) is 125 Å². The molecule has 0 fully saturated rings. The van der Waals surface area contributed by atoms with Crippen LogP contribution in [-0.2, 0) is 10.0 Å². The lowest BCUT2D eigenvalue weighted by Gasteiger charge is -2.11. The van der Waals surface area contributed by atoms with Crippen LogP contribution < -0.4 is 9.88 Å². The van der Waals surface area contributed by atoms with E-state index in [4.69, 9.17) is 9.88 Å². The number of nitrogens with zero attached hydrogens (tertiary/aromatic N) is 2. The maximum absolute atomic E-state index is 10.9. The molecule has 118 valence electrons. The number of rotatable bonds is 8. The zero-order chi connectivity index (χ0) is 16.0. The predicted octanol–water partition coefficient (Wildman–Crippen LogP) is 1.38. The maximum Gasteiger partial charge on any atom is 0.406 e. The Hall–Kier alpha value is -1.74. The highest BCUT2D eigenvalue weighted by atomic mass is 32.2. The molecule has 0 amide bonds. The van der Waals surface area contributed by atoms with E-state index in [1.54, 1.807) is 13.0 Å². The van der Waals surface area contributed by atoms with Gasteiger partial charge in [0.05, 0.1) is 12.4 Å². The van der Waals surface area contributed by atoms with Crippen molar-refractivity contribution >= 4 is 15.8 Å². The van der Waals surface area contributed by atoms with Crippen LogP contribution >= 0.6 is 0 Å². The number of sulfonamides is 1. The molecular weight excluding hydrogens is 298 g/mol. The highest BCUT2D eigenvalue weighted by Gasteiger charge is 2.17. The summed E-state index contributed by atoms with van der Waals surface area (Å²) in [7, 11) is -3.46. The standard InChI is InChI=1S/C12H19N3O5S/c1-9(6-8-21(13,18)19)5-7-20-11-4-3-10(2)14-12(11)15(16)17/h3-4,9H,5-8H2,1-2H3,(H2,13,18,19). The fourth-order valence-electron chi connectivity index (χ4n) is 1.65. The largest absolute Gasteiger partial charge is 0.486 e. The van der Waals surface area contributed by atoms with E-state index in [1.165, 1.54) is 6.07 Å². The lowest BCUT2D eigenvalue weighted by atomic mass is 10.1. The summed E-state index contributed by atoms with van der Waals surface area (Å²) >= 11 is 0. The Labute approximate surface area is 123 Å². The van der Waals surface area contributed by atoms with E-state index >= 15 is 0 Å². The second kappa shape index (κ2) is 7.32. The molecule has 0 spiro atoms. The third kappa shape index (κ3) is 6.50. The molecule has 2 N–H and O–H groups in total. The van der Waals surface area contributed by atoms with Gasteiger partial charge in [-0.15, -0.1) is 0 Å². The van der Waals surface area contributed by atoms with E-state index in [9.17, 15) is 18.5 Å². The number of hydrogen-bond acceptors (Lipinski definition) is 6. The van der Waals surface area contributed by atoms with Crippen LogP contribution in [0.2, 0.25) is 0 Å². The summed E-state index contributed by atoms with van der Waals surface area (Å²) in [5, 5.41) is 15.8. The summed E-state index contributed by atoms with van der Waals surface area (Å²) in [5.74, 6) is -0.197. The number of aryl methyl sites for hydroxylation is 1. The lowest BCUT2D eigenvalue weighted by molar-refractivity contribution is -0.390. The molecule has 1 rings (SSSR count). The first-order valence-electron chi connectivity index (χ1n) is 6.44. The summed E-state index contributed by atoms with van der Waals surface area (Å²) in [6.45, 7) is 3.78. The fraction of sp³-hybridized carbons (Fsp3) is 0.583. The molecule has 1 aromatic heterocycles. The number of nitrogens with two attached hydrogens (primary N) is 1. The van der Waals surface area contributed by atoms with Gasteiger partial charge in [-0.2, -0.15) is 0 Å². The summed E-state index contributed by atoms with van der Waals surface area (Å²) in [6.07, 6.45) is 0.997. The lowest BCUT2D eigenvalue weighted by Crippen LogP contribution is -2.18. The molecule has 0 aliphatic carbocycles. The van der Waals surface area contributed by atoms with Gasteiger partial charge in [-0.3, -0.25) is 0 Å². The Morgan fingerprint density at radius 2 is 2.10 bits per heavy atom. The van der Waals surface area contributed by atoms with Gasteiger partial charge in [0, 0.05) is 6.92 Å². The van der Waals surface area contributed by atoms with Crippen LogP contribution in [0.15, 0.2) is 12.1 Å². The number of aromatic nitrogens is 1. The Morgan fingerprint density at radius 3 is 2.67 bits per heavy atom. The monoisotopic (exact) mass is 317 g/mol. The van der Waals surface area contributed by atoms with Crippen LogP contribution in [0.25, 0.3) is 0 Å². The average Bonchev–Trinajstić information content (AvgIpc) is 2.37. The van der Waals surface area contributed by atoms with E-state index in [1.807, 2.05) is 6.92 Å². The molecular formula is C12H19N3O5S. The van der Waals surface area contributed by atoms with Gasteiger partial charge in [0.1, 0.15) is 5.69 Å². The first-order valence-corrected chi connectivity index (χ1v) is 8.16. The van der Waals surface area contributed by atoms with Crippen LogP contribution in [0.1, 0.15) is 25.5 Å². The second-order valence-corrected chi connectivity index (χ2v) is 6.66. The highest BCUT2D eigenvalue weighted by molar-refractivity contribution is 7.89. The minimum absolute atomic E-state index is 0.0829. The molecule has 0 aliphatic heterocycles. The van der Waals surface area contributed by atoms with E-state index in [0.717, 1.165) is 0 Å². The third-order valence-corrected chi connectivity index (χ3v) is 3.72. The quantitative estimate of drug-likeness (QED) is 0.570. The van der Waals surface area contributed by atoms with E-state index in [2.05, 4.69) is 4.98 Å². The Kier molecular flexibility index (Phi) is 6.03. The Bertz CT molecular complexity index is 603. The smallest absolute Gasteiger partial charge is 0.406 e. The Balaban J connectivity index is 2.51. The molecule has 0 radical (unpaired) electrons. The van der Waals surface area contributed by atoms with Gasteiger partial charge < -0.3 is 14.9 Å². The van der Waals surface area contributed by atoms with Crippen molar-refractivity contribution in [1.29, 1.82) is 0 Å². The zero-order valence-corrected chi connectivity index (χ0v) is 12.8. The first kappa shape index (κ1) is 17.3. The summed E-state index contributed by atoms with van der Waals surface area (Å²) < 4.78 is 27.1. The predicted molar refractivity (Wildman–Crippen MR) is 77.5 cm³/mol. The van der Waals surface area contributed by atoms with Gasteiger partial charge in [0.2, 0.25) is 15.8 Å². The van der Waals surface area contributed by atoms with Gasteiger partial charge in [0.25, 0.3) is 0 Å². The van der Waals surface area contributed by atoms with Gasteiger partial charge in [-0.1, -0.05) is 6.92 Å². The van der Waals surface area contributed by atoms with E-state index in [-0.39, 0.29) is 29.8 Å². The van der Waals surface area contributed by atoms with E-state index < -0.39 is 14.9 Å². The molecule has 21 heavy (non-hydrogen) atoms. The SMILES string of the molecule is Cc1ccc(OCCC(C)CCS(N)(=O)=O)c([N+](=O)[O-])n1. The minimum Gasteiger partial charge on any atom is -0.486 e. The van der Waals surface area contributed by atoms with Gasteiger partial charge in [-0.25, -0.2) is 13.6 Å². The summed E-state index contributed by atoms with van der Waals surface area (Å²) in [6, 6.07) is 3.14. The zero-order valence-electron chi connectivity index (χ0n) is 12.0. The molecule has 0 saturated heterocycles. The van der Waals surface area contributed by atoms with Gasteiger partial charge in [-0.05, 0) is 40.8 Å². The maximum atomic E-state index is 10.9. The molecule has 0 bridgehead atoms. The van der Waals surface area contributed by atoms with Crippen molar-refractivity contribution < 1.29 is 18.1 Å². The summed E-state index contributed by atoms with van der Waals surface area (Å²) in [4.78, 5) is 14.1. The Morgan fingerprint density at radius 1 is 1.43 bits per heavy atom. The van der Waals surface area contributed by atoms with Crippen molar-refractivity contribution in [2.45, 2.75) is 26.7 Å². The van der Waals surface area contributed by atoms with Crippen molar-refractivity contribution in [3.8, 4) is 5.75 Å². The molecule has 9 heteroatoms. The number of pyridine rings is 1. The number of primary sulfonamides is 1. The number of nitro groups is 1. The van der Waals surface area contributed by atoms with Crippen molar-refractivity contribution in [1.82, 2.24) is 4.98 Å². The number of ether oxygens (including phenoxy) is 1. The van der Waals surface area contributed by atoms with Gasteiger partial charge >= 0.3 is 5.82 Å². The normalized spacial score (nSPS) is 12.9. The molecule has 0 aromatic carbocycles. The number of hydrogen-bond donors (Lipinski definition) is 1. The average molecular weight is 317 g/mol. The van der Waals surface area contributed by atoms with Crippen LogP contribution in [0.4, 0.5) is 5.82 Å². The molecule has 8 nitrogen and oxygen atoms in total. The molecule has 1 unspecified atom stereocenters. The first-order chi connectivity index (χ1) is 9.69. The highest BCUT2D eigenvalue weighted by Crippen LogP contribution is 2.24. The van der Waals surface area contributed by atoms with Crippen LogP contribution in [0, 0.1) is 23.0 Å². The molecule has 1 aromatic rings. The van der Waals surface area contributed by atoms with E-state index in [0.29, 0.717) is 18.5 Å². The van der Waals surface area contributed by atoms with Crippen LogP contribution in [0.3, 0.4) is 0 Å². The summed E-state index contributed by atoms with van der Waals surface area (Å²) in [5.41, 5.74) is 0.538. The van der Waals surface area contributed by atoms with Gasteiger partial charge in [0.15, 0.2) is 0 Å². The van der Waals surface area contributed by atoms with Crippen LogP contribution in [0.5, 0.6) is 5.75 Å². The molecule has 1 atom stereocenters. The molecule has 0 saturated carbocycles. The van der Waals surface area contributed by atoms with Crippen molar-refractivity contribution in [2.75, 3.05) is 12.4 Å².